The SMILES string of the molecule is CC.COc1ccc(C(C)=O)cn1. The van der Waals surface area contributed by atoms with Crippen LogP contribution < -0.4 is 4.74 Å². The lowest BCUT2D eigenvalue weighted by Gasteiger charge is -1.97. The summed E-state index contributed by atoms with van der Waals surface area (Å²) in [5.41, 5.74) is 0.603. The van der Waals surface area contributed by atoms with Crippen LogP contribution >= 0.6 is 0 Å². The van der Waals surface area contributed by atoms with Crippen molar-refractivity contribution in [3.05, 3.63) is 23.9 Å². The summed E-state index contributed by atoms with van der Waals surface area (Å²) in [5, 5.41) is 0. The molecular weight excluding hydrogens is 166 g/mol. The van der Waals surface area contributed by atoms with E-state index in [9.17, 15) is 4.79 Å². The van der Waals surface area contributed by atoms with E-state index in [1.807, 2.05) is 13.8 Å². The van der Waals surface area contributed by atoms with Crippen LogP contribution in [0.4, 0.5) is 0 Å². The molecule has 0 aliphatic carbocycles. The first kappa shape index (κ1) is 11.6. The van der Waals surface area contributed by atoms with Crippen LogP contribution in [0.25, 0.3) is 0 Å². The lowest BCUT2D eigenvalue weighted by Crippen LogP contribution is -1.94. The molecule has 13 heavy (non-hydrogen) atoms. The molecule has 0 spiro atoms. The molecular formula is C10H15NO2. The molecule has 0 unspecified atom stereocenters. The first-order valence-electron chi connectivity index (χ1n) is 4.25. The van der Waals surface area contributed by atoms with Crippen LogP contribution in [-0.4, -0.2) is 17.9 Å². The second kappa shape index (κ2) is 6.17. The predicted octanol–water partition coefficient (Wildman–Crippen LogP) is 2.32. The Labute approximate surface area is 78.8 Å². The largest absolute Gasteiger partial charge is 0.481 e. The lowest BCUT2D eigenvalue weighted by atomic mass is 10.2. The van der Waals surface area contributed by atoms with Gasteiger partial charge in [0.05, 0.1) is 7.11 Å². The van der Waals surface area contributed by atoms with Crippen LogP contribution in [0.15, 0.2) is 18.3 Å². The Morgan fingerprint density at radius 2 is 2.00 bits per heavy atom. The smallest absolute Gasteiger partial charge is 0.212 e. The Balaban J connectivity index is 0.000000671. The van der Waals surface area contributed by atoms with Crippen LogP contribution in [-0.2, 0) is 0 Å². The van der Waals surface area contributed by atoms with Gasteiger partial charge in [-0.15, -0.1) is 0 Å². The molecule has 1 rings (SSSR count). The van der Waals surface area contributed by atoms with E-state index in [-0.39, 0.29) is 5.78 Å². The molecule has 0 aliphatic heterocycles. The average molecular weight is 181 g/mol. The van der Waals surface area contributed by atoms with E-state index in [1.54, 1.807) is 12.1 Å². The topological polar surface area (TPSA) is 39.2 Å². The molecule has 0 saturated heterocycles. The van der Waals surface area contributed by atoms with E-state index in [2.05, 4.69) is 4.98 Å². The van der Waals surface area contributed by atoms with Gasteiger partial charge < -0.3 is 4.74 Å². The summed E-state index contributed by atoms with van der Waals surface area (Å²) < 4.78 is 4.83. The number of carbonyl (C=O) groups is 1. The summed E-state index contributed by atoms with van der Waals surface area (Å²) in [7, 11) is 1.54. The first-order chi connectivity index (χ1) is 6.24. The number of ketones is 1. The van der Waals surface area contributed by atoms with Crippen molar-refractivity contribution in [1.82, 2.24) is 4.98 Å². The number of Topliss-reactive ketones (excluding diaryl/α,β-unsaturated/α-hetero) is 1. The maximum atomic E-state index is 10.8. The van der Waals surface area contributed by atoms with Gasteiger partial charge in [-0.3, -0.25) is 4.79 Å². The van der Waals surface area contributed by atoms with Gasteiger partial charge in [-0.1, -0.05) is 13.8 Å². The number of hydrogen-bond donors (Lipinski definition) is 0. The zero-order valence-corrected chi connectivity index (χ0v) is 8.50. The Morgan fingerprint density at radius 1 is 1.38 bits per heavy atom. The first-order valence-corrected chi connectivity index (χ1v) is 4.25. The summed E-state index contributed by atoms with van der Waals surface area (Å²) in [6.45, 7) is 5.50. The Kier molecular flexibility index (Phi) is 5.52. The number of hydrogen-bond acceptors (Lipinski definition) is 3. The molecule has 3 nitrogen and oxygen atoms in total. The van der Waals surface area contributed by atoms with E-state index >= 15 is 0 Å². The van der Waals surface area contributed by atoms with Gasteiger partial charge >= 0.3 is 0 Å². The van der Waals surface area contributed by atoms with Gasteiger partial charge in [-0.2, -0.15) is 0 Å². The minimum atomic E-state index is 0.0140. The summed E-state index contributed by atoms with van der Waals surface area (Å²) in [5.74, 6) is 0.537. The van der Waals surface area contributed by atoms with Crippen LogP contribution in [0, 0.1) is 0 Å². The third kappa shape index (κ3) is 3.69. The number of aromatic nitrogens is 1. The van der Waals surface area contributed by atoms with Crippen molar-refractivity contribution < 1.29 is 9.53 Å². The zero-order chi connectivity index (χ0) is 10.3. The quantitative estimate of drug-likeness (QED) is 0.657. The standard InChI is InChI=1S/C8H9NO2.C2H6/c1-6(10)7-3-4-8(11-2)9-5-7;1-2/h3-5H,1-2H3;1-2H3. The molecule has 0 bridgehead atoms. The van der Waals surface area contributed by atoms with E-state index in [0.29, 0.717) is 11.4 Å². The van der Waals surface area contributed by atoms with Crippen LogP contribution in [0.1, 0.15) is 31.1 Å². The van der Waals surface area contributed by atoms with Crippen molar-refractivity contribution in [1.29, 1.82) is 0 Å². The molecule has 0 saturated carbocycles. The molecule has 1 heterocycles. The number of carbonyl (C=O) groups excluding carboxylic acids is 1. The fourth-order valence-electron chi connectivity index (χ4n) is 0.709. The summed E-state index contributed by atoms with van der Waals surface area (Å²) in [6.07, 6.45) is 1.50. The molecule has 0 aromatic carbocycles. The average Bonchev–Trinajstić information content (AvgIpc) is 2.21. The minimum absolute atomic E-state index is 0.0140. The van der Waals surface area contributed by atoms with Gasteiger partial charge in [-0.05, 0) is 13.0 Å². The normalized spacial score (nSPS) is 8.31. The summed E-state index contributed by atoms with van der Waals surface area (Å²) >= 11 is 0. The number of rotatable bonds is 2. The fourth-order valence-corrected chi connectivity index (χ4v) is 0.709. The second-order valence-electron chi connectivity index (χ2n) is 2.15. The maximum Gasteiger partial charge on any atom is 0.212 e. The molecule has 1 aromatic rings. The molecule has 0 amide bonds. The number of ether oxygens (including phenoxy) is 1. The Hall–Kier alpha value is -1.38. The molecule has 0 radical (unpaired) electrons. The molecule has 72 valence electrons. The third-order valence-electron chi connectivity index (χ3n) is 1.35. The highest BCUT2D eigenvalue weighted by Gasteiger charge is 1.98. The van der Waals surface area contributed by atoms with Crippen LogP contribution in [0.3, 0.4) is 0 Å². The Morgan fingerprint density at radius 3 is 2.31 bits per heavy atom. The fraction of sp³-hybridized carbons (Fsp3) is 0.400. The van der Waals surface area contributed by atoms with E-state index < -0.39 is 0 Å². The monoisotopic (exact) mass is 181 g/mol. The van der Waals surface area contributed by atoms with Crippen molar-refractivity contribution in [2.75, 3.05) is 7.11 Å². The van der Waals surface area contributed by atoms with Gasteiger partial charge in [0, 0.05) is 17.8 Å². The van der Waals surface area contributed by atoms with Crippen molar-refractivity contribution in [2.24, 2.45) is 0 Å². The lowest BCUT2D eigenvalue weighted by molar-refractivity contribution is 0.101. The van der Waals surface area contributed by atoms with E-state index in [1.165, 1.54) is 20.2 Å². The van der Waals surface area contributed by atoms with Gasteiger partial charge in [0.2, 0.25) is 5.88 Å². The molecule has 0 atom stereocenters. The highest BCUT2D eigenvalue weighted by atomic mass is 16.5. The van der Waals surface area contributed by atoms with Crippen LogP contribution in [0.5, 0.6) is 5.88 Å². The Bertz CT molecular complexity index is 254. The highest BCUT2D eigenvalue weighted by Crippen LogP contribution is 2.06. The highest BCUT2D eigenvalue weighted by molar-refractivity contribution is 5.93. The van der Waals surface area contributed by atoms with Crippen molar-refractivity contribution in [3.8, 4) is 5.88 Å². The van der Waals surface area contributed by atoms with Crippen molar-refractivity contribution in [2.45, 2.75) is 20.8 Å². The van der Waals surface area contributed by atoms with Gasteiger partial charge in [0.15, 0.2) is 5.78 Å². The second-order valence-corrected chi connectivity index (χ2v) is 2.15. The van der Waals surface area contributed by atoms with Gasteiger partial charge in [0.1, 0.15) is 0 Å². The zero-order valence-electron chi connectivity index (χ0n) is 8.50. The van der Waals surface area contributed by atoms with E-state index in [0.717, 1.165) is 0 Å². The molecule has 1 aromatic heterocycles. The van der Waals surface area contributed by atoms with E-state index in [4.69, 9.17) is 4.74 Å². The number of nitrogens with zero attached hydrogens (tertiary/aromatic N) is 1. The minimum Gasteiger partial charge on any atom is -0.481 e. The summed E-state index contributed by atoms with van der Waals surface area (Å²) in [4.78, 5) is 14.6. The maximum absolute atomic E-state index is 10.8. The molecule has 0 fully saturated rings. The molecule has 0 aliphatic rings. The van der Waals surface area contributed by atoms with Crippen LogP contribution in [0.2, 0.25) is 0 Å². The van der Waals surface area contributed by atoms with Crippen molar-refractivity contribution >= 4 is 5.78 Å². The summed E-state index contributed by atoms with van der Waals surface area (Å²) in [6, 6.07) is 3.35. The molecule has 3 heteroatoms. The molecule has 0 N–H and O–H groups in total. The number of methoxy groups -OCH3 is 1. The van der Waals surface area contributed by atoms with Gasteiger partial charge in [-0.25, -0.2) is 4.98 Å². The van der Waals surface area contributed by atoms with Gasteiger partial charge in [0.25, 0.3) is 0 Å². The third-order valence-corrected chi connectivity index (χ3v) is 1.35. The van der Waals surface area contributed by atoms with Crippen molar-refractivity contribution in [3.63, 3.8) is 0 Å². The number of pyridine rings is 1. The predicted molar refractivity (Wildman–Crippen MR) is 52.1 cm³/mol.